The average molecular weight is 380 g/mol. The third-order valence-corrected chi connectivity index (χ3v) is 5.97. The second-order valence-electron chi connectivity index (χ2n) is 8.85. The zero-order valence-corrected chi connectivity index (χ0v) is 16.7. The molecule has 0 spiro atoms. The number of ether oxygens (including phenoxy) is 1. The van der Waals surface area contributed by atoms with Crippen LogP contribution in [-0.4, -0.2) is 23.2 Å². The second-order valence-corrected chi connectivity index (χ2v) is 8.85. The van der Waals surface area contributed by atoms with Crippen LogP contribution in [0.15, 0.2) is 59.1 Å². The monoisotopic (exact) mass is 380 g/mol. The number of allylic oxidation sites excluding steroid dienone is 4. The Morgan fingerprint density at radius 3 is 2.32 bits per heavy atom. The lowest BCUT2D eigenvalue weighted by Gasteiger charge is -2.59. The molecule has 0 aromatic carbocycles. The fraction of sp³-hybridized carbons (Fsp3) is 0.500. The van der Waals surface area contributed by atoms with Crippen LogP contribution in [0.4, 0.5) is 0 Å². The number of aliphatic imine (C=N–C) groups is 2. The largest absolute Gasteiger partial charge is 0.459 e. The summed E-state index contributed by atoms with van der Waals surface area (Å²) in [5, 5.41) is 6.56. The molecule has 5 rings (SSSR count). The van der Waals surface area contributed by atoms with Gasteiger partial charge in [0.15, 0.2) is 0 Å². The molecule has 6 heteroatoms. The molecule has 2 bridgehead atoms. The molecule has 6 nitrogen and oxygen atoms in total. The van der Waals surface area contributed by atoms with Gasteiger partial charge in [-0.05, 0) is 76.2 Å². The maximum absolute atomic E-state index is 13.5. The van der Waals surface area contributed by atoms with Gasteiger partial charge >= 0.3 is 5.97 Å². The van der Waals surface area contributed by atoms with Crippen LogP contribution in [0, 0.1) is 23.2 Å². The van der Waals surface area contributed by atoms with Crippen LogP contribution in [0.5, 0.6) is 0 Å². The third kappa shape index (κ3) is 3.21. The van der Waals surface area contributed by atoms with Gasteiger partial charge in [0, 0.05) is 30.7 Å². The molecular weight excluding hydrogens is 352 g/mol. The summed E-state index contributed by atoms with van der Waals surface area (Å²) >= 11 is 0. The number of rotatable bonds is 3. The lowest BCUT2D eigenvalue weighted by Crippen LogP contribution is -2.67. The highest BCUT2D eigenvalue weighted by molar-refractivity contribution is 6.08. The van der Waals surface area contributed by atoms with Crippen LogP contribution in [0.1, 0.15) is 40.0 Å². The summed E-state index contributed by atoms with van der Waals surface area (Å²) in [7, 11) is 0. The highest BCUT2D eigenvalue weighted by atomic mass is 16.6. The first-order valence-electron chi connectivity index (χ1n) is 9.97. The normalized spacial score (nSPS) is 33.5. The van der Waals surface area contributed by atoms with E-state index in [4.69, 9.17) is 4.74 Å². The molecule has 3 saturated carbocycles. The van der Waals surface area contributed by atoms with E-state index in [0.29, 0.717) is 11.8 Å². The van der Waals surface area contributed by atoms with Crippen molar-refractivity contribution in [3.8, 4) is 0 Å². The van der Waals surface area contributed by atoms with Crippen molar-refractivity contribution in [2.75, 3.05) is 0 Å². The van der Waals surface area contributed by atoms with Crippen molar-refractivity contribution in [2.45, 2.75) is 45.6 Å². The minimum absolute atomic E-state index is 0.162. The first kappa shape index (κ1) is 18.7. The van der Waals surface area contributed by atoms with Gasteiger partial charge in [-0.15, -0.1) is 0 Å². The van der Waals surface area contributed by atoms with Gasteiger partial charge < -0.3 is 15.4 Å². The Balaban J connectivity index is 1.64. The van der Waals surface area contributed by atoms with Crippen molar-refractivity contribution in [2.24, 2.45) is 33.2 Å². The number of fused-ring (bicyclic) bond motifs is 2. The molecule has 2 heterocycles. The SMILES string of the molecule is CC(C)(C)OC(=O)C1(C2=NC=CC=CN2)C2CC(C3=NC=CC=CN3)CC1C2. The van der Waals surface area contributed by atoms with Gasteiger partial charge in [-0.3, -0.25) is 4.79 Å². The lowest BCUT2D eigenvalue weighted by molar-refractivity contribution is -0.185. The van der Waals surface area contributed by atoms with Crippen molar-refractivity contribution in [1.82, 2.24) is 10.6 Å². The predicted octanol–water partition coefficient (Wildman–Crippen LogP) is 3.42. The van der Waals surface area contributed by atoms with Crippen molar-refractivity contribution in [3.63, 3.8) is 0 Å². The van der Waals surface area contributed by atoms with E-state index in [-0.39, 0.29) is 17.8 Å². The van der Waals surface area contributed by atoms with Gasteiger partial charge in [-0.1, -0.05) is 0 Å². The number of hydrogen-bond donors (Lipinski definition) is 2. The Morgan fingerprint density at radius 1 is 1.00 bits per heavy atom. The number of nitrogens with zero attached hydrogens (tertiary/aromatic N) is 2. The minimum atomic E-state index is -0.709. The molecule has 0 radical (unpaired) electrons. The molecule has 0 saturated heterocycles. The summed E-state index contributed by atoms with van der Waals surface area (Å²) in [5.41, 5.74) is -1.24. The zero-order chi connectivity index (χ0) is 19.8. The molecule has 2 unspecified atom stereocenters. The highest BCUT2D eigenvalue weighted by Crippen LogP contribution is 2.62. The molecule has 2 N–H and O–H groups in total. The summed E-state index contributed by atoms with van der Waals surface area (Å²) < 4.78 is 5.90. The van der Waals surface area contributed by atoms with E-state index in [1.165, 1.54) is 0 Å². The van der Waals surface area contributed by atoms with Crippen molar-refractivity contribution in [1.29, 1.82) is 0 Å². The van der Waals surface area contributed by atoms with Crippen LogP contribution >= 0.6 is 0 Å². The quantitative estimate of drug-likeness (QED) is 0.736. The number of esters is 1. The molecule has 148 valence electrons. The Hall–Kier alpha value is -2.63. The van der Waals surface area contributed by atoms with E-state index in [1.807, 2.05) is 63.7 Å². The van der Waals surface area contributed by atoms with Gasteiger partial charge in [0.25, 0.3) is 0 Å². The summed E-state index contributed by atoms with van der Waals surface area (Å²) in [6, 6.07) is 0. The van der Waals surface area contributed by atoms with Gasteiger partial charge in [0.2, 0.25) is 0 Å². The highest BCUT2D eigenvalue weighted by Gasteiger charge is 2.67. The van der Waals surface area contributed by atoms with Crippen LogP contribution in [-0.2, 0) is 9.53 Å². The van der Waals surface area contributed by atoms with Gasteiger partial charge in [0.05, 0.1) is 0 Å². The van der Waals surface area contributed by atoms with E-state index < -0.39 is 11.0 Å². The fourth-order valence-corrected chi connectivity index (χ4v) is 4.87. The fourth-order valence-electron chi connectivity index (χ4n) is 4.87. The average Bonchev–Trinajstić information content (AvgIpc) is 3.06. The predicted molar refractivity (Wildman–Crippen MR) is 110 cm³/mol. The third-order valence-electron chi connectivity index (χ3n) is 5.97. The minimum Gasteiger partial charge on any atom is -0.459 e. The molecule has 0 aromatic heterocycles. The lowest BCUT2D eigenvalue weighted by atomic mass is 9.44. The van der Waals surface area contributed by atoms with Gasteiger partial charge in [0.1, 0.15) is 22.7 Å². The maximum atomic E-state index is 13.5. The topological polar surface area (TPSA) is 75.1 Å². The molecule has 5 aliphatic rings. The maximum Gasteiger partial charge on any atom is 0.320 e. The number of amidine groups is 2. The summed E-state index contributed by atoms with van der Waals surface area (Å²) in [4.78, 5) is 22.6. The van der Waals surface area contributed by atoms with Crippen molar-refractivity contribution in [3.05, 3.63) is 49.1 Å². The smallest absolute Gasteiger partial charge is 0.320 e. The molecule has 28 heavy (non-hydrogen) atoms. The Labute approximate surface area is 166 Å². The molecule has 3 aliphatic carbocycles. The summed E-state index contributed by atoms with van der Waals surface area (Å²) in [6.07, 6.45) is 17.7. The first-order valence-corrected chi connectivity index (χ1v) is 9.97. The van der Waals surface area contributed by atoms with Crippen LogP contribution in [0.25, 0.3) is 0 Å². The van der Waals surface area contributed by atoms with E-state index in [0.717, 1.165) is 25.1 Å². The second kappa shape index (κ2) is 7.08. The summed E-state index contributed by atoms with van der Waals surface area (Å²) in [6.45, 7) is 5.75. The van der Waals surface area contributed by atoms with Crippen molar-refractivity contribution < 1.29 is 9.53 Å². The van der Waals surface area contributed by atoms with Crippen molar-refractivity contribution >= 4 is 17.6 Å². The first-order chi connectivity index (χ1) is 13.4. The van der Waals surface area contributed by atoms with E-state index in [2.05, 4.69) is 20.6 Å². The van der Waals surface area contributed by atoms with Crippen LogP contribution in [0.2, 0.25) is 0 Å². The van der Waals surface area contributed by atoms with E-state index in [1.54, 1.807) is 6.20 Å². The molecule has 0 aromatic rings. The van der Waals surface area contributed by atoms with Gasteiger partial charge in [-0.2, -0.15) is 0 Å². The molecule has 0 amide bonds. The molecular formula is C22H28N4O2. The number of nitrogens with one attached hydrogen (secondary N) is 2. The van der Waals surface area contributed by atoms with Crippen LogP contribution < -0.4 is 10.6 Å². The Morgan fingerprint density at radius 2 is 1.64 bits per heavy atom. The zero-order valence-electron chi connectivity index (χ0n) is 16.7. The summed E-state index contributed by atoms with van der Waals surface area (Å²) in [5.74, 6) is 2.19. The van der Waals surface area contributed by atoms with Crippen LogP contribution in [0.3, 0.4) is 0 Å². The number of carbonyl (C=O) groups is 1. The Bertz CT molecular complexity index is 814. The van der Waals surface area contributed by atoms with Gasteiger partial charge in [-0.25, -0.2) is 9.98 Å². The molecule has 3 fully saturated rings. The Kier molecular flexibility index (Phi) is 4.73. The van der Waals surface area contributed by atoms with E-state index in [9.17, 15) is 4.79 Å². The number of hydrogen-bond acceptors (Lipinski definition) is 6. The standard InChI is InChI=1S/C22H28N4O2/c1-21(2,3)28-20(27)22(19-25-10-6-7-11-26-19)16-12-15(13-17(22)14-16)18-23-8-4-5-9-24-18/h4-11,15-17H,12-14H2,1-3H3,(H,23,24)(H,25,26). The molecule has 2 atom stereocenters. The number of carbonyl (C=O) groups excluding carboxylic acids is 1. The molecule has 2 aliphatic heterocycles. The van der Waals surface area contributed by atoms with E-state index >= 15 is 0 Å².